The first-order chi connectivity index (χ1) is 10.5. The minimum absolute atomic E-state index is 0.0163. The van der Waals surface area contributed by atoms with Crippen molar-refractivity contribution in [3.8, 4) is 0 Å². The van der Waals surface area contributed by atoms with Gasteiger partial charge in [-0.15, -0.1) is 0 Å². The molecule has 7 heteroatoms. The van der Waals surface area contributed by atoms with Gasteiger partial charge in [-0.05, 0) is 27.7 Å². The average Bonchev–Trinajstić information content (AvgIpc) is 3.08. The van der Waals surface area contributed by atoms with Gasteiger partial charge in [0.15, 0.2) is 5.82 Å². The fourth-order valence-corrected chi connectivity index (χ4v) is 2.83. The zero-order valence-electron chi connectivity index (χ0n) is 13.6. The third kappa shape index (κ3) is 3.05. The maximum Gasteiger partial charge on any atom is 0.246 e. The van der Waals surface area contributed by atoms with Crippen LogP contribution in [0.25, 0.3) is 0 Å². The molecular formula is C15H23N5O2. The lowest BCUT2D eigenvalue weighted by Gasteiger charge is -2.37. The predicted octanol–water partition coefficient (Wildman–Crippen LogP) is 2.12. The van der Waals surface area contributed by atoms with Crippen LogP contribution in [-0.2, 0) is 11.3 Å². The van der Waals surface area contributed by atoms with Crippen molar-refractivity contribution >= 4 is 0 Å². The van der Waals surface area contributed by atoms with Gasteiger partial charge >= 0.3 is 0 Å². The van der Waals surface area contributed by atoms with Crippen molar-refractivity contribution in [2.24, 2.45) is 0 Å². The molecule has 0 aromatic carbocycles. The van der Waals surface area contributed by atoms with Crippen LogP contribution in [0.4, 0.5) is 0 Å². The molecule has 0 saturated carbocycles. The number of hydrogen-bond acceptors (Lipinski definition) is 6. The molecule has 0 radical (unpaired) electrons. The van der Waals surface area contributed by atoms with E-state index in [4.69, 9.17) is 9.26 Å². The second kappa shape index (κ2) is 6.18. The van der Waals surface area contributed by atoms with Crippen LogP contribution in [0.1, 0.15) is 50.1 Å². The van der Waals surface area contributed by atoms with E-state index in [0.29, 0.717) is 24.4 Å². The van der Waals surface area contributed by atoms with E-state index < -0.39 is 0 Å². The van der Waals surface area contributed by atoms with Crippen molar-refractivity contribution in [3.05, 3.63) is 29.7 Å². The number of morpholine rings is 1. The molecule has 1 aliphatic heterocycles. The lowest BCUT2D eigenvalue weighted by Crippen LogP contribution is -2.43. The standard InChI is InChI=1S/C15H23N5O2/c1-10(2)20-9-13(7-16-20)8-19-5-6-21-11(3)14(19)15-17-12(4)18-22-15/h7,9-11,14H,5-6,8H2,1-4H3/t11-,14+/m1/s1. The Morgan fingerprint density at radius 3 is 2.86 bits per heavy atom. The molecule has 0 amide bonds. The van der Waals surface area contributed by atoms with Crippen molar-refractivity contribution in [1.29, 1.82) is 0 Å². The van der Waals surface area contributed by atoms with Gasteiger partial charge in [-0.25, -0.2) is 0 Å². The smallest absolute Gasteiger partial charge is 0.246 e. The Morgan fingerprint density at radius 2 is 2.23 bits per heavy atom. The lowest BCUT2D eigenvalue weighted by molar-refractivity contribution is -0.0763. The molecule has 2 aromatic heterocycles. The first-order valence-corrected chi connectivity index (χ1v) is 7.73. The molecule has 1 aliphatic rings. The van der Waals surface area contributed by atoms with Gasteiger partial charge in [-0.3, -0.25) is 9.58 Å². The number of rotatable bonds is 4. The summed E-state index contributed by atoms with van der Waals surface area (Å²) in [6.45, 7) is 10.5. The number of aryl methyl sites for hydroxylation is 1. The van der Waals surface area contributed by atoms with Crippen molar-refractivity contribution < 1.29 is 9.26 Å². The summed E-state index contributed by atoms with van der Waals surface area (Å²) in [4.78, 5) is 6.71. The molecule has 3 heterocycles. The quantitative estimate of drug-likeness (QED) is 0.862. The highest BCUT2D eigenvalue weighted by molar-refractivity contribution is 5.07. The summed E-state index contributed by atoms with van der Waals surface area (Å²) >= 11 is 0. The largest absolute Gasteiger partial charge is 0.375 e. The van der Waals surface area contributed by atoms with Gasteiger partial charge < -0.3 is 9.26 Å². The fraction of sp³-hybridized carbons (Fsp3) is 0.667. The molecule has 3 rings (SSSR count). The molecule has 1 saturated heterocycles. The summed E-state index contributed by atoms with van der Waals surface area (Å²) in [5.74, 6) is 1.28. The Bertz CT molecular complexity index is 621. The Balaban J connectivity index is 1.79. The molecule has 2 aromatic rings. The van der Waals surface area contributed by atoms with Gasteiger partial charge in [0.25, 0.3) is 0 Å². The first-order valence-electron chi connectivity index (χ1n) is 7.73. The molecule has 2 atom stereocenters. The summed E-state index contributed by atoms with van der Waals surface area (Å²) in [6, 6.07) is 0.351. The van der Waals surface area contributed by atoms with Gasteiger partial charge in [-0.1, -0.05) is 5.16 Å². The van der Waals surface area contributed by atoms with Crippen LogP contribution >= 0.6 is 0 Å². The molecule has 22 heavy (non-hydrogen) atoms. The van der Waals surface area contributed by atoms with E-state index in [-0.39, 0.29) is 12.1 Å². The highest BCUT2D eigenvalue weighted by Crippen LogP contribution is 2.29. The highest BCUT2D eigenvalue weighted by Gasteiger charge is 2.35. The van der Waals surface area contributed by atoms with Gasteiger partial charge in [-0.2, -0.15) is 10.1 Å². The van der Waals surface area contributed by atoms with Crippen molar-refractivity contribution in [3.63, 3.8) is 0 Å². The summed E-state index contributed by atoms with van der Waals surface area (Å²) in [5, 5.41) is 8.32. The van der Waals surface area contributed by atoms with Crippen molar-refractivity contribution in [1.82, 2.24) is 24.8 Å². The van der Waals surface area contributed by atoms with Crippen LogP contribution in [0.2, 0.25) is 0 Å². The first kappa shape index (κ1) is 15.2. The Kier molecular flexibility index (Phi) is 4.26. The van der Waals surface area contributed by atoms with Crippen molar-refractivity contribution in [2.45, 2.75) is 52.4 Å². The number of hydrogen-bond donors (Lipinski definition) is 0. The summed E-state index contributed by atoms with van der Waals surface area (Å²) in [7, 11) is 0. The molecule has 0 aliphatic carbocycles. The molecule has 0 N–H and O–H groups in total. The minimum Gasteiger partial charge on any atom is -0.375 e. The third-order valence-corrected chi connectivity index (χ3v) is 3.96. The van der Waals surface area contributed by atoms with E-state index in [1.165, 1.54) is 5.56 Å². The molecule has 120 valence electrons. The Morgan fingerprint density at radius 1 is 1.41 bits per heavy atom. The normalized spacial score (nSPS) is 23.3. The van der Waals surface area contributed by atoms with E-state index in [0.717, 1.165) is 13.1 Å². The lowest BCUT2D eigenvalue weighted by atomic mass is 10.1. The maximum atomic E-state index is 5.78. The Labute approximate surface area is 130 Å². The number of ether oxygens (including phenoxy) is 1. The summed E-state index contributed by atoms with van der Waals surface area (Å²) in [6.07, 6.45) is 4.05. The SMILES string of the molecule is Cc1noc([C@@H]2[C@@H](C)OCCN2Cc2cnn(C(C)C)c2)n1. The topological polar surface area (TPSA) is 69.2 Å². The van der Waals surface area contributed by atoms with Crippen LogP contribution < -0.4 is 0 Å². The van der Waals surface area contributed by atoms with Crippen LogP contribution in [0.3, 0.4) is 0 Å². The van der Waals surface area contributed by atoms with Gasteiger partial charge in [0.05, 0.1) is 18.9 Å². The number of aromatic nitrogens is 4. The van der Waals surface area contributed by atoms with Crippen LogP contribution in [0.5, 0.6) is 0 Å². The third-order valence-electron chi connectivity index (χ3n) is 3.96. The molecule has 0 unspecified atom stereocenters. The minimum atomic E-state index is -0.0163. The summed E-state index contributed by atoms with van der Waals surface area (Å²) in [5.41, 5.74) is 1.18. The molecular weight excluding hydrogens is 282 g/mol. The van der Waals surface area contributed by atoms with Crippen LogP contribution in [-0.4, -0.2) is 44.1 Å². The van der Waals surface area contributed by atoms with E-state index >= 15 is 0 Å². The average molecular weight is 305 g/mol. The molecule has 0 spiro atoms. The van der Waals surface area contributed by atoms with Crippen LogP contribution in [0, 0.1) is 6.92 Å². The van der Waals surface area contributed by atoms with Crippen molar-refractivity contribution in [2.75, 3.05) is 13.2 Å². The maximum absolute atomic E-state index is 5.78. The summed E-state index contributed by atoms with van der Waals surface area (Å²) < 4.78 is 13.1. The molecule has 1 fully saturated rings. The van der Waals surface area contributed by atoms with Gasteiger partial charge in [0.1, 0.15) is 6.04 Å². The van der Waals surface area contributed by atoms with E-state index in [9.17, 15) is 0 Å². The highest BCUT2D eigenvalue weighted by atomic mass is 16.5. The molecule has 0 bridgehead atoms. The van der Waals surface area contributed by atoms with E-state index in [2.05, 4.69) is 40.2 Å². The van der Waals surface area contributed by atoms with E-state index in [1.54, 1.807) is 0 Å². The second-order valence-corrected chi connectivity index (χ2v) is 6.09. The zero-order chi connectivity index (χ0) is 15.7. The molecule has 7 nitrogen and oxygen atoms in total. The number of nitrogens with zero attached hydrogens (tertiary/aromatic N) is 5. The van der Waals surface area contributed by atoms with Gasteiger partial charge in [0.2, 0.25) is 5.89 Å². The second-order valence-electron chi connectivity index (χ2n) is 6.09. The predicted molar refractivity (Wildman–Crippen MR) is 80.2 cm³/mol. The van der Waals surface area contributed by atoms with Gasteiger partial charge in [0, 0.05) is 30.9 Å². The fourth-order valence-electron chi connectivity index (χ4n) is 2.83. The monoisotopic (exact) mass is 305 g/mol. The zero-order valence-corrected chi connectivity index (χ0v) is 13.6. The van der Waals surface area contributed by atoms with Crippen LogP contribution in [0.15, 0.2) is 16.9 Å². The Hall–Kier alpha value is -1.73. The van der Waals surface area contributed by atoms with E-state index in [1.807, 2.05) is 24.7 Å².